The third kappa shape index (κ3) is 4.29. The monoisotopic (exact) mass is 368 g/mol. The number of carbonyl (C=O) groups excluding carboxylic acids is 1. The molecule has 3 aromatic rings. The lowest BCUT2D eigenvalue weighted by Gasteiger charge is -2.12. The van der Waals surface area contributed by atoms with E-state index in [1.165, 1.54) is 7.11 Å². The Morgan fingerprint density at radius 2 is 1.77 bits per heavy atom. The number of aryl methyl sites for hydroxylation is 1. The first kappa shape index (κ1) is 17.7. The number of methoxy groups -OCH3 is 1. The summed E-state index contributed by atoms with van der Waals surface area (Å²) in [6.45, 7) is 1.87. The number of rotatable bonds is 5. The van der Waals surface area contributed by atoms with Gasteiger partial charge in [0.15, 0.2) is 0 Å². The summed E-state index contributed by atoms with van der Waals surface area (Å²) in [5, 5.41) is 6.95. The Morgan fingerprint density at radius 1 is 1.04 bits per heavy atom. The number of halogens is 1. The Kier molecular flexibility index (Phi) is 5.34. The summed E-state index contributed by atoms with van der Waals surface area (Å²) in [6, 6.07) is 16.2. The van der Waals surface area contributed by atoms with E-state index < -0.39 is 5.97 Å². The largest absolute Gasteiger partial charge is 0.465 e. The highest BCUT2D eigenvalue weighted by atomic mass is 35.5. The molecule has 1 aromatic heterocycles. The van der Waals surface area contributed by atoms with Crippen LogP contribution >= 0.6 is 11.6 Å². The van der Waals surface area contributed by atoms with E-state index in [-0.39, 0.29) is 0 Å². The number of nitrogens with zero attached hydrogens (tertiary/aromatic N) is 2. The molecule has 0 saturated heterocycles. The number of aromatic nitrogens is 2. The van der Waals surface area contributed by atoms with Crippen LogP contribution in [0.1, 0.15) is 16.1 Å². The topological polar surface area (TPSA) is 76.1 Å². The van der Waals surface area contributed by atoms with Gasteiger partial charge in [-0.25, -0.2) is 9.78 Å². The molecule has 0 unspecified atom stereocenters. The quantitative estimate of drug-likeness (QED) is 0.635. The first-order chi connectivity index (χ1) is 12.5. The van der Waals surface area contributed by atoms with Crippen LogP contribution in [0.15, 0.2) is 54.6 Å². The van der Waals surface area contributed by atoms with Crippen molar-refractivity contribution >= 4 is 40.7 Å². The van der Waals surface area contributed by atoms with Crippen LogP contribution in [0.3, 0.4) is 0 Å². The number of nitrogens with one attached hydrogen (secondary N) is 2. The normalized spacial score (nSPS) is 10.3. The summed E-state index contributed by atoms with van der Waals surface area (Å²) in [6.07, 6.45) is 0. The number of hydrogen-bond donors (Lipinski definition) is 2. The molecule has 132 valence electrons. The Morgan fingerprint density at radius 3 is 2.50 bits per heavy atom. The minimum atomic E-state index is -0.430. The number of ether oxygens (including phenoxy) is 1. The zero-order chi connectivity index (χ0) is 18.5. The fourth-order valence-electron chi connectivity index (χ4n) is 2.37. The van der Waals surface area contributed by atoms with Crippen molar-refractivity contribution in [1.29, 1.82) is 0 Å². The first-order valence-corrected chi connectivity index (χ1v) is 8.25. The maximum Gasteiger partial charge on any atom is 0.339 e. The molecule has 0 saturated carbocycles. The smallest absolute Gasteiger partial charge is 0.339 e. The van der Waals surface area contributed by atoms with Crippen molar-refractivity contribution in [3.8, 4) is 0 Å². The summed E-state index contributed by atoms with van der Waals surface area (Å²) in [5.74, 6) is 0.566. The average molecular weight is 369 g/mol. The molecule has 2 N–H and O–H groups in total. The van der Waals surface area contributed by atoms with Gasteiger partial charge in [0.05, 0.1) is 18.4 Å². The van der Waals surface area contributed by atoms with Crippen molar-refractivity contribution in [3.05, 3.63) is 70.9 Å². The van der Waals surface area contributed by atoms with Gasteiger partial charge >= 0.3 is 5.97 Å². The van der Waals surface area contributed by atoms with Gasteiger partial charge in [-0.15, -0.1) is 0 Å². The molecule has 6 nitrogen and oxygen atoms in total. The number of anilines is 4. The van der Waals surface area contributed by atoms with Crippen molar-refractivity contribution in [2.24, 2.45) is 0 Å². The van der Waals surface area contributed by atoms with Gasteiger partial charge in [-0.05, 0) is 43.3 Å². The Balaban J connectivity index is 1.87. The predicted octanol–water partition coefficient (Wildman–Crippen LogP) is 4.71. The van der Waals surface area contributed by atoms with E-state index in [1.807, 2.05) is 31.2 Å². The highest BCUT2D eigenvalue weighted by molar-refractivity contribution is 6.30. The standard InChI is InChI=1S/C19H17ClN4O2/c1-12-11-17(22-14-9-7-13(20)8-10-14)24-19(21-12)23-16-6-4-3-5-15(16)18(25)26-2/h3-11H,1-2H3,(H2,21,22,23,24). The van der Waals surface area contributed by atoms with Crippen LogP contribution in [0.4, 0.5) is 23.1 Å². The molecule has 0 spiro atoms. The predicted molar refractivity (Wildman–Crippen MR) is 103 cm³/mol. The van der Waals surface area contributed by atoms with E-state index >= 15 is 0 Å². The van der Waals surface area contributed by atoms with E-state index in [0.29, 0.717) is 28.0 Å². The summed E-state index contributed by atoms with van der Waals surface area (Å²) < 4.78 is 4.81. The van der Waals surface area contributed by atoms with Gasteiger partial charge in [-0.3, -0.25) is 0 Å². The van der Waals surface area contributed by atoms with E-state index in [2.05, 4.69) is 20.6 Å². The third-order valence-electron chi connectivity index (χ3n) is 3.55. The van der Waals surface area contributed by atoms with Crippen molar-refractivity contribution in [2.45, 2.75) is 6.92 Å². The van der Waals surface area contributed by atoms with E-state index in [4.69, 9.17) is 16.3 Å². The first-order valence-electron chi connectivity index (χ1n) is 7.88. The molecule has 0 fully saturated rings. The van der Waals surface area contributed by atoms with Gasteiger partial charge in [-0.1, -0.05) is 23.7 Å². The number of benzene rings is 2. The fourth-order valence-corrected chi connectivity index (χ4v) is 2.50. The molecular weight excluding hydrogens is 352 g/mol. The molecular formula is C19H17ClN4O2. The SMILES string of the molecule is COC(=O)c1ccccc1Nc1nc(C)cc(Nc2ccc(Cl)cc2)n1. The summed E-state index contributed by atoms with van der Waals surface area (Å²) >= 11 is 5.91. The van der Waals surface area contributed by atoms with Crippen molar-refractivity contribution in [3.63, 3.8) is 0 Å². The number of esters is 1. The lowest BCUT2D eigenvalue weighted by Crippen LogP contribution is -2.08. The van der Waals surface area contributed by atoms with Gasteiger partial charge in [0, 0.05) is 22.5 Å². The van der Waals surface area contributed by atoms with Crippen LogP contribution < -0.4 is 10.6 Å². The van der Waals surface area contributed by atoms with Crippen LogP contribution in [-0.4, -0.2) is 23.0 Å². The maximum atomic E-state index is 11.9. The summed E-state index contributed by atoms with van der Waals surface area (Å²) in [5.41, 5.74) is 2.61. The van der Waals surface area contributed by atoms with Gasteiger partial charge in [0.2, 0.25) is 5.95 Å². The number of hydrogen-bond acceptors (Lipinski definition) is 6. The van der Waals surface area contributed by atoms with E-state index in [0.717, 1.165) is 11.4 Å². The van der Waals surface area contributed by atoms with Gasteiger partial charge in [0.25, 0.3) is 0 Å². The van der Waals surface area contributed by atoms with Gasteiger partial charge < -0.3 is 15.4 Å². The summed E-state index contributed by atoms with van der Waals surface area (Å²) in [4.78, 5) is 20.7. The molecule has 1 heterocycles. The lowest BCUT2D eigenvalue weighted by molar-refractivity contribution is 0.0602. The third-order valence-corrected chi connectivity index (χ3v) is 3.80. The van der Waals surface area contributed by atoms with Crippen LogP contribution in [0.2, 0.25) is 5.02 Å². The lowest BCUT2D eigenvalue weighted by atomic mass is 10.2. The molecule has 26 heavy (non-hydrogen) atoms. The Bertz CT molecular complexity index is 929. The summed E-state index contributed by atoms with van der Waals surface area (Å²) in [7, 11) is 1.34. The highest BCUT2D eigenvalue weighted by Crippen LogP contribution is 2.22. The van der Waals surface area contributed by atoms with Crippen molar-refractivity contribution in [2.75, 3.05) is 17.7 Å². The van der Waals surface area contributed by atoms with E-state index in [1.54, 1.807) is 30.3 Å². The van der Waals surface area contributed by atoms with Crippen LogP contribution in [-0.2, 0) is 4.74 Å². The highest BCUT2D eigenvalue weighted by Gasteiger charge is 2.12. The molecule has 0 aliphatic rings. The Hall–Kier alpha value is -3.12. The minimum Gasteiger partial charge on any atom is -0.465 e. The number of carbonyl (C=O) groups is 1. The minimum absolute atomic E-state index is 0.373. The van der Waals surface area contributed by atoms with Crippen molar-refractivity contribution in [1.82, 2.24) is 9.97 Å². The molecule has 0 aliphatic heterocycles. The number of para-hydroxylation sites is 1. The molecule has 2 aromatic carbocycles. The maximum absolute atomic E-state index is 11.9. The molecule has 0 bridgehead atoms. The zero-order valence-corrected chi connectivity index (χ0v) is 15.0. The fraction of sp³-hybridized carbons (Fsp3) is 0.105. The molecule has 0 atom stereocenters. The molecule has 0 amide bonds. The van der Waals surface area contributed by atoms with Gasteiger partial charge in [0.1, 0.15) is 5.82 Å². The molecule has 7 heteroatoms. The van der Waals surface area contributed by atoms with Crippen LogP contribution in [0, 0.1) is 6.92 Å². The van der Waals surface area contributed by atoms with Crippen LogP contribution in [0.5, 0.6) is 0 Å². The second-order valence-electron chi connectivity index (χ2n) is 5.51. The van der Waals surface area contributed by atoms with Gasteiger partial charge in [-0.2, -0.15) is 4.98 Å². The second kappa shape index (κ2) is 7.84. The molecule has 0 radical (unpaired) electrons. The molecule has 0 aliphatic carbocycles. The Labute approximate surface area is 156 Å². The molecule has 3 rings (SSSR count). The van der Waals surface area contributed by atoms with Crippen molar-refractivity contribution < 1.29 is 9.53 Å². The second-order valence-corrected chi connectivity index (χ2v) is 5.95. The van der Waals surface area contributed by atoms with Crippen LogP contribution in [0.25, 0.3) is 0 Å². The van der Waals surface area contributed by atoms with E-state index in [9.17, 15) is 4.79 Å². The zero-order valence-electron chi connectivity index (χ0n) is 14.3. The average Bonchev–Trinajstić information content (AvgIpc) is 2.63.